The Bertz CT molecular complexity index is 800. The SMILES string of the molecule is CC(C)(C)[Si](C)(C)O[C@@]12C[C@@H](CCC13OCCO3)N(C(=O)c1ccccc1N)C2. The maximum absolute atomic E-state index is 13.4. The smallest absolute Gasteiger partial charge is 0.256 e. The number of ether oxygens (including phenoxy) is 2. The molecule has 29 heavy (non-hydrogen) atoms. The van der Waals surface area contributed by atoms with Crippen LogP contribution in [0.5, 0.6) is 0 Å². The summed E-state index contributed by atoms with van der Waals surface area (Å²) in [6.45, 7) is 12.9. The summed E-state index contributed by atoms with van der Waals surface area (Å²) in [5.74, 6) is -0.778. The fourth-order valence-corrected chi connectivity index (χ4v) is 6.40. The molecular formula is C22H34N2O4Si. The van der Waals surface area contributed by atoms with Crippen molar-refractivity contribution in [3.05, 3.63) is 29.8 Å². The fraction of sp³-hybridized carbons (Fsp3) is 0.682. The van der Waals surface area contributed by atoms with E-state index in [4.69, 9.17) is 19.6 Å². The Balaban J connectivity index is 1.71. The lowest BCUT2D eigenvalue weighted by Gasteiger charge is -2.51. The van der Waals surface area contributed by atoms with Crippen LogP contribution in [0.1, 0.15) is 50.4 Å². The highest BCUT2D eigenvalue weighted by atomic mass is 28.4. The van der Waals surface area contributed by atoms with Gasteiger partial charge in [0.15, 0.2) is 14.1 Å². The van der Waals surface area contributed by atoms with E-state index >= 15 is 0 Å². The van der Waals surface area contributed by atoms with Gasteiger partial charge in [0, 0.05) is 24.6 Å². The molecule has 2 N–H and O–H groups in total. The summed E-state index contributed by atoms with van der Waals surface area (Å²) in [6, 6.07) is 7.41. The second-order valence-corrected chi connectivity index (χ2v) is 14.9. The quantitative estimate of drug-likeness (QED) is 0.597. The number of hydrogen-bond donors (Lipinski definition) is 1. The van der Waals surface area contributed by atoms with Crippen molar-refractivity contribution >= 4 is 19.9 Å². The first-order valence-corrected chi connectivity index (χ1v) is 13.5. The molecule has 6 nitrogen and oxygen atoms in total. The molecular weight excluding hydrogens is 384 g/mol. The normalized spacial score (nSPS) is 28.9. The first-order valence-electron chi connectivity index (χ1n) is 10.6. The van der Waals surface area contributed by atoms with Crippen molar-refractivity contribution in [2.45, 2.75) is 75.6 Å². The molecule has 3 fully saturated rings. The Hall–Kier alpha value is -1.41. The van der Waals surface area contributed by atoms with Crippen LogP contribution in [0.15, 0.2) is 24.3 Å². The first kappa shape index (κ1) is 20.8. The Morgan fingerprint density at radius 3 is 2.52 bits per heavy atom. The van der Waals surface area contributed by atoms with E-state index < -0.39 is 19.7 Å². The van der Waals surface area contributed by atoms with Crippen molar-refractivity contribution in [1.82, 2.24) is 4.90 Å². The number of hydrogen-bond acceptors (Lipinski definition) is 5. The number of carbonyl (C=O) groups is 1. The Labute approximate surface area is 174 Å². The van der Waals surface area contributed by atoms with Crippen LogP contribution in [-0.4, -0.2) is 56.3 Å². The molecule has 2 saturated heterocycles. The van der Waals surface area contributed by atoms with E-state index in [9.17, 15) is 4.79 Å². The lowest BCUT2D eigenvalue weighted by Crippen LogP contribution is -2.64. The second-order valence-electron chi connectivity index (χ2n) is 10.2. The van der Waals surface area contributed by atoms with E-state index in [0.717, 1.165) is 19.3 Å². The van der Waals surface area contributed by atoms with Gasteiger partial charge < -0.3 is 24.5 Å². The lowest BCUT2D eigenvalue weighted by molar-refractivity contribution is -0.268. The van der Waals surface area contributed by atoms with Gasteiger partial charge in [-0.2, -0.15) is 0 Å². The number of anilines is 1. The maximum Gasteiger partial charge on any atom is 0.256 e. The van der Waals surface area contributed by atoms with Crippen molar-refractivity contribution in [2.24, 2.45) is 0 Å². The van der Waals surface area contributed by atoms with E-state index in [1.54, 1.807) is 12.1 Å². The number of amides is 1. The van der Waals surface area contributed by atoms with Crippen LogP contribution in [0.3, 0.4) is 0 Å². The Morgan fingerprint density at radius 2 is 1.90 bits per heavy atom. The molecule has 4 rings (SSSR count). The topological polar surface area (TPSA) is 74.0 Å². The molecule has 1 aliphatic carbocycles. The van der Waals surface area contributed by atoms with E-state index in [1.165, 1.54) is 0 Å². The van der Waals surface area contributed by atoms with Crippen LogP contribution in [-0.2, 0) is 13.9 Å². The van der Waals surface area contributed by atoms with Crippen LogP contribution in [0.4, 0.5) is 5.69 Å². The third-order valence-electron chi connectivity index (χ3n) is 7.40. The molecule has 1 aromatic carbocycles. The zero-order valence-corrected chi connectivity index (χ0v) is 19.3. The molecule has 0 aromatic heterocycles. The number of rotatable bonds is 3. The van der Waals surface area contributed by atoms with Crippen LogP contribution < -0.4 is 5.73 Å². The number of fused-ring (bicyclic) bond motifs is 3. The van der Waals surface area contributed by atoms with E-state index in [0.29, 0.717) is 31.0 Å². The van der Waals surface area contributed by atoms with Gasteiger partial charge in [-0.1, -0.05) is 32.9 Å². The predicted octanol–water partition coefficient (Wildman–Crippen LogP) is 3.78. The molecule has 1 aromatic rings. The molecule has 0 radical (unpaired) electrons. The van der Waals surface area contributed by atoms with Gasteiger partial charge in [0.2, 0.25) is 0 Å². The number of nitrogens with zero attached hydrogens (tertiary/aromatic N) is 1. The van der Waals surface area contributed by atoms with E-state index in [-0.39, 0.29) is 17.0 Å². The van der Waals surface area contributed by atoms with Gasteiger partial charge >= 0.3 is 0 Å². The maximum atomic E-state index is 13.4. The monoisotopic (exact) mass is 418 g/mol. The molecule has 2 heterocycles. The number of nitrogen functional groups attached to an aromatic ring is 1. The standard InChI is InChI=1S/C22H34N2O4Si/c1-20(2,3)29(4,5)28-21-14-16(10-11-22(21)26-12-13-27-22)24(15-21)19(25)17-8-6-7-9-18(17)23/h6-9,16H,10-15,23H2,1-5H3/t16-,21-/m1/s1. The molecule has 1 spiro atoms. The average Bonchev–Trinajstić information content (AvgIpc) is 3.22. The molecule has 2 bridgehead atoms. The third-order valence-corrected chi connectivity index (χ3v) is 11.9. The van der Waals surface area contributed by atoms with Gasteiger partial charge in [-0.25, -0.2) is 0 Å². The van der Waals surface area contributed by atoms with Gasteiger partial charge in [0.25, 0.3) is 5.91 Å². The summed E-state index contributed by atoms with van der Waals surface area (Å²) in [4.78, 5) is 15.4. The van der Waals surface area contributed by atoms with Crippen molar-refractivity contribution in [3.63, 3.8) is 0 Å². The molecule has 1 saturated carbocycles. The summed E-state index contributed by atoms with van der Waals surface area (Å²) < 4.78 is 19.6. The highest BCUT2D eigenvalue weighted by molar-refractivity contribution is 6.74. The van der Waals surface area contributed by atoms with Crippen LogP contribution >= 0.6 is 0 Å². The number of carbonyl (C=O) groups excluding carboxylic acids is 1. The van der Waals surface area contributed by atoms with Crippen molar-refractivity contribution in [2.75, 3.05) is 25.5 Å². The Kier molecular flexibility index (Phi) is 4.89. The summed E-state index contributed by atoms with van der Waals surface area (Å²) in [5.41, 5.74) is 6.56. The third kappa shape index (κ3) is 3.23. The van der Waals surface area contributed by atoms with Crippen molar-refractivity contribution in [3.8, 4) is 0 Å². The highest BCUT2D eigenvalue weighted by Gasteiger charge is 2.67. The van der Waals surface area contributed by atoms with Crippen LogP contribution in [0.25, 0.3) is 0 Å². The summed E-state index contributed by atoms with van der Waals surface area (Å²) in [6.07, 6.45) is 2.35. The number of likely N-dealkylation sites (tertiary alicyclic amines) is 1. The summed E-state index contributed by atoms with van der Waals surface area (Å²) in [7, 11) is -2.13. The van der Waals surface area contributed by atoms with Crippen LogP contribution in [0.2, 0.25) is 18.1 Å². The fourth-order valence-electron chi connectivity index (χ4n) is 4.82. The lowest BCUT2D eigenvalue weighted by atomic mass is 9.80. The minimum atomic E-state index is -2.13. The number of nitrogens with two attached hydrogens (primary N) is 1. The molecule has 0 unspecified atom stereocenters. The van der Waals surface area contributed by atoms with Crippen molar-refractivity contribution in [1.29, 1.82) is 0 Å². The molecule has 2 atom stereocenters. The summed E-state index contributed by atoms with van der Waals surface area (Å²) >= 11 is 0. The van der Waals surface area contributed by atoms with E-state index in [2.05, 4.69) is 33.9 Å². The van der Waals surface area contributed by atoms with Gasteiger partial charge in [0.1, 0.15) is 5.60 Å². The Morgan fingerprint density at radius 1 is 1.24 bits per heavy atom. The number of benzene rings is 1. The van der Waals surface area contributed by atoms with Gasteiger partial charge in [-0.15, -0.1) is 0 Å². The predicted molar refractivity (Wildman–Crippen MR) is 115 cm³/mol. The second kappa shape index (κ2) is 6.80. The van der Waals surface area contributed by atoms with E-state index in [1.807, 2.05) is 17.0 Å². The van der Waals surface area contributed by atoms with Gasteiger partial charge in [-0.05, 0) is 36.7 Å². The van der Waals surface area contributed by atoms with Gasteiger partial charge in [-0.3, -0.25) is 4.79 Å². The van der Waals surface area contributed by atoms with Gasteiger partial charge in [0.05, 0.1) is 25.3 Å². The minimum Gasteiger partial charge on any atom is -0.404 e. The number of para-hydroxylation sites is 1. The molecule has 7 heteroatoms. The molecule has 2 aliphatic heterocycles. The van der Waals surface area contributed by atoms with Crippen LogP contribution in [0, 0.1) is 0 Å². The zero-order valence-electron chi connectivity index (χ0n) is 18.3. The molecule has 1 amide bonds. The molecule has 3 aliphatic rings. The highest BCUT2D eigenvalue weighted by Crippen LogP contribution is 2.54. The zero-order chi connectivity index (χ0) is 21.1. The average molecular weight is 419 g/mol. The minimum absolute atomic E-state index is 0.0242. The first-order chi connectivity index (χ1) is 13.5. The van der Waals surface area contributed by atoms with Crippen molar-refractivity contribution < 1.29 is 18.7 Å². The largest absolute Gasteiger partial charge is 0.404 e. The summed E-state index contributed by atoms with van der Waals surface area (Å²) in [5, 5.41) is 0.0514. The molecule has 160 valence electrons.